The number of nitrogens with two attached hydrogens (primary N) is 1. The second-order valence-electron chi connectivity index (χ2n) is 2.40. The topological polar surface area (TPSA) is 84.9 Å². The molecule has 0 amide bonds. The molecule has 0 spiro atoms. The third-order valence-corrected chi connectivity index (χ3v) is 2.60. The summed E-state index contributed by atoms with van der Waals surface area (Å²) in [5, 5.41) is 12.2. The number of nitrogens with zero attached hydrogens (tertiary/aromatic N) is 1. The molecule has 76 valence electrons. The quantitative estimate of drug-likeness (QED) is 0.569. The fourth-order valence-electron chi connectivity index (χ4n) is 0.896. The normalized spacial score (nSPS) is 11.4. The van der Waals surface area contributed by atoms with Crippen LogP contribution in [0, 0.1) is 0 Å². The minimum atomic E-state index is -1.11. The van der Waals surface area contributed by atoms with Gasteiger partial charge in [0, 0.05) is 11.4 Å². The standard InChI is InChI=1S/C8H10N2O3S/c1-13-10-7(8(11)12)6-3-2-5(4-9)14-6/h2-3H,4,9H2,1H3,(H,11,12)/b10-7-. The largest absolute Gasteiger partial charge is 0.476 e. The summed E-state index contributed by atoms with van der Waals surface area (Å²) in [4.78, 5) is 16.6. The number of hydrogen-bond acceptors (Lipinski definition) is 5. The summed E-state index contributed by atoms with van der Waals surface area (Å²) < 4.78 is 0. The van der Waals surface area contributed by atoms with E-state index in [0.717, 1.165) is 4.88 Å². The molecule has 0 saturated heterocycles. The summed E-state index contributed by atoms with van der Waals surface area (Å²) in [5.74, 6) is -1.11. The minimum absolute atomic E-state index is 0.0998. The van der Waals surface area contributed by atoms with E-state index in [0.29, 0.717) is 11.4 Å². The summed E-state index contributed by atoms with van der Waals surface area (Å²) in [6.07, 6.45) is 0. The van der Waals surface area contributed by atoms with Gasteiger partial charge in [0.2, 0.25) is 5.71 Å². The lowest BCUT2D eigenvalue weighted by atomic mass is 10.3. The molecule has 1 aromatic rings. The molecule has 0 aliphatic rings. The zero-order valence-corrected chi connectivity index (χ0v) is 8.37. The van der Waals surface area contributed by atoms with E-state index in [2.05, 4.69) is 9.99 Å². The van der Waals surface area contributed by atoms with Gasteiger partial charge in [0.25, 0.3) is 0 Å². The highest BCUT2D eigenvalue weighted by atomic mass is 32.1. The maximum atomic E-state index is 10.8. The molecule has 0 aromatic carbocycles. The van der Waals surface area contributed by atoms with Crippen molar-refractivity contribution >= 4 is 23.0 Å². The van der Waals surface area contributed by atoms with Gasteiger partial charge in [0.15, 0.2) is 0 Å². The molecule has 0 saturated carbocycles. The molecule has 6 heteroatoms. The van der Waals surface area contributed by atoms with Gasteiger partial charge in [-0.3, -0.25) is 0 Å². The number of carbonyl (C=O) groups is 1. The summed E-state index contributed by atoms with van der Waals surface area (Å²) in [6.45, 7) is 0.393. The highest BCUT2D eigenvalue weighted by Crippen LogP contribution is 2.17. The Bertz CT molecular complexity index is 359. The molecule has 14 heavy (non-hydrogen) atoms. The van der Waals surface area contributed by atoms with Crippen molar-refractivity contribution in [1.29, 1.82) is 0 Å². The number of carboxylic acid groups (broad SMARTS) is 1. The van der Waals surface area contributed by atoms with Crippen molar-refractivity contribution in [3.63, 3.8) is 0 Å². The van der Waals surface area contributed by atoms with Crippen molar-refractivity contribution in [2.24, 2.45) is 10.9 Å². The first-order valence-corrected chi connectivity index (χ1v) is 4.64. The van der Waals surface area contributed by atoms with Crippen LogP contribution in [0.1, 0.15) is 9.75 Å². The van der Waals surface area contributed by atoms with Crippen LogP contribution >= 0.6 is 11.3 Å². The van der Waals surface area contributed by atoms with Crippen LogP contribution in [-0.4, -0.2) is 23.9 Å². The molecular weight excluding hydrogens is 204 g/mol. The van der Waals surface area contributed by atoms with Crippen molar-refractivity contribution in [2.75, 3.05) is 7.11 Å². The highest BCUT2D eigenvalue weighted by molar-refractivity contribution is 7.14. The van der Waals surface area contributed by atoms with Gasteiger partial charge in [-0.1, -0.05) is 5.16 Å². The van der Waals surface area contributed by atoms with Gasteiger partial charge in [0.1, 0.15) is 7.11 Å². The maximum absolute atomic E-state index is 10.8. The number of rotatable bonds is 4. The molecular formula is C8H10N2O3S. The Balaban J connectivity index is 3.00. The van der Waals surface area contributed by atoms with Gasteiger partial charge in [-0.05, 0) is 12.1 Å². The maximum Gasteiger partial charge on any atom is 0.359 e. The van der Waals surface area contributed by atoms with E-state index < -0.39 is 5.97 Å². The summed E-state index contributed by atoms with van der Waals surface area (Å²) in [7, 11) is 1.31. The summed E-state index contributed by atoms with van der Waals surface area (Å²) in [6, 6.07) is 3.44. The van der Waals surface area contributed by atoms with Gasteiger partial charge in [-0.25, -0.2) is 4.79 Å². The molecule has 0 aliphatic carbocycles. The predicted octanol–water partition coefficient (Wildman–Crippen LogP) is 0.642. The first kappa shape index (κ1) is 10.7. The zero-order chi connectivity index (χ0) is 10.6. The molecule has 1 aromatic heterocycles. The van der Waals surface area contributed by atoms with E-state index in [1.807, 2.05) is 0 Å². The Morgan fingerprint density at radius 3 is 2.86 bits per heavy atom. The number of hydrogen-bond donors (Lipinski definition) is 2. The first-order valence-electron chi connectivity index (χ1n) is 3.82. The van der Waals surface area contributed by atoms with Crippen LogP contribution in [0.3, 0.4) is 0 Å². The lowest BCUT2D eigenvalue weighted by Crippen LogP contribution is -2.13. The van der Waals surface area contributed by atoms with E-state index in [9.17, 15) is 4.79 Å². The Kier molecular flexibility index (Phi) is 3.61. The molecule has 1 heterocycles. The van der Waals surface area contributed by atoms with E-state index in [1.165, 1.54) is 18.4 Å². The third-order valence-electron chi connectivity index (χ3n) is 1.48. The van der Waals surface area contributed by atoms with E-state index in [4.69, 9.17) is 10.8 Å². The van der Waals surface area contributed by atoms with Crippen LogP contribution < -0.4 is 5.73 Å². The van der Waals surface area contributed by atoms with Gasteiger partial charge >= 0.3 is 5.97 Å². The average Bonchev–Trinajstić information content (AvgIpc) is 2.61. The van der Waals surface area contributed by atoms with Gasteiger partial charge < -0.3 is 15.7 Å². The van der Waals surface area contributed by atoms with Crippen LogP contribution in [0.4, 0.5) is 0 Å². The number of carboxylic acids is 1. The number of aliphatic carboxylic acids is 1. The smallest absolute Gasteiger partial charge is 0.359 e. The molecule has 0 atom stereocenters. The van der Waals surface area contributed by atoms with Crippen molar-refractivity contribution in [3.05, 3.63) is 21.9 Å². The van der Waals surface area contributed by atoms with Gasteiger partial charge in [0.05, 0.1) is 4.88 Å². The van der Waals surface area contributed by atoms with Crippen LogP contribution in [0.2, 0.25) is 0 Å². The summed E-state index contributed by atoms with van der Waals surface area (Å²) in [5.41, 5.74) is 5.31. The molecule has 3 N–H and O–H groups in total. The molecule has 5 nitrogen and oxygen atoms in total. The van der Waals surface area contributed by atoms with Crippen molar-refractivity contribution < 1.29 is 14.7 Å². The molecule has 0 fully saturated rings. The van der Waals surface area contributed by atoms with E-state index >= 15 is 0 Å². The number of thiophene rings is 1. The fraction of sp³-hybridized carbons (Fsp3) is 0.250. The Morgan fingerprint density at radius 2 is 2.43 bits per heavy atom. The van der Waals surface area contributed by atoms with Gasteiger partial charge in [-0.2, -0.15) is 0 Å². The second kappa shape index (κ2) is 4.73. The van der Waals surface area contributed by atoms with Crippen LogP contribution in [0.25, 0.3) is 0 Å². The predicted molar refractivity (Wildman–Crippen MR) is 53.4 cm³/mol. The Hall–Kier alpha value is -1.40. The molecule has 0 unspecified atom stereocenters. The van der Waals surface area contributed by atoms with E-state index in [-0.39, 0.29) is 5.71 Å². The number of oxime groups is 1. The third kappa shape index (κ3) is 2.30. The fourth-order valence-corrected chi connectivity index (χ4v) is 1.75. The van der Waals surface area contributed by atoms with Crippen LogP contribution in [0.15, 0.2) is 17.3 Å². The average molecular weight is 214 g/mol. The summed E-state index contributed by atoms with van der Waals surface area (Å²) >= 11 is 1.29. The van der Waals surface area contributed by atoms with Crippen molar-refractivity contribution in [1.82, 2.24) is 0 Å². The van der Waals surface area contributed by atoms with Crippen molar-refractivity contribution in [2.45, 2.75) is 6.54 Å². The minimum Gasteiger partial charge on any atom is -0.476 e. The molecule has 0 radical (unpaired) electrons. The first-order chi connectivity index (χ1) is 6.69. The Labute approximate surface area is 84.8 Å². The van der Waals surface area contributed by atoms with Gasteiger partial charge in [-0.15, -0.1) is 11.3 Å². The van der Waals surface area contributed by atoms with Crippen LogP contribution in [0.5, 0.6) is 0 Å². The lowest BCUT2D eigenvalue weighted by Gasteiger charge is -1.95. The highest BCUT2D eigenvalue weighted by Gasteiger charge is 2.15. The molecule has 1 rings (SSSR count). The zero-order valence-electron chi connectivity index (χ0n) is 7.56. The SMILES string of the molecule is CO/N=C(\C(=O)O)c1ccc(CN)s1. The van der Waals surface area contributed by atoms with E-state index in [1.54, 1.807) is 12.1 Å². The lowest BCUT2D eigenvalue weighted by molar-refractivity contribution is -0.129. The molecule has 0 bridgehead atoms. The monoisotopic (exact) mass is 214 g/mol. The second-order valence-corrected chi connectivity index (χ2v) is 3.57. The van der Waals surface area contributed by atoms with Crippen LogP contribution in [-0.2, 0) is 16.2 Å². The molecule has 0 aliphatic heterocycles. The Morgan fingerprint density at radius 1 is 1.71 bits per heavy atom. The van der Waals surface area contributed by atoms with Crippen molar-refractivity contribution in [3.8, 4) is 0 Å².